The number of likely N-dealkylation sites (tertiary alicyclic amines) is 1. The zero-order valence-electron chi connectivity index (χ0n) is 16.9. The fraction of sp³-hybridized carbons (Fsp3) is 0.579. The highest BCUT2D eigenvalue weighted by molar-refractivity contribution is 5.92. The first-order valence-corrected chi connectivity index (χ1v) is 9.57. The zero-order valence-corrected chi connectivity index (χ0v) is 16.9. The molecule has 3 amide bonds. The molecule has 0 bridgehead atoms. The predicted octanol–water partition coefficient (Wildman–Crippen LogP) is 0.825. The highest BCUT2D eigenvalue weighted by Crippen LogP contribution is 2.41. The molecule has 2 aliphatic heterocycles. The molecular weight excluding hydrogens is 358 g/mol. The van der Waals surface area contributed by atoms with Gasteiger partial charge >= 0.3 is 6.03 Å². The maximum atomic E-state index is 13.2. The van der Waals surface area contributed by atoms with Crippen LogP contribution in [0.5, 0.6) is 0 Å². The normalized spacial score (nSPS) is 18.3. The van der Waals surface area contributed by atoms with Crippen LogP contribution in [0.25, 0.3) is 0 Å². The maximum absolute atomic E-state index is 13.2. The van der Waals surface area contributed by atoms with E-state index >= 15 is 0 Å². The Morgan fingerprint density at radius 3 is 2.46 bits per heavy atom. The summed E-state index contributed by atoms with van der Waals surface area (Å²) in [5, 5.41) is 8.89. The van der Waals surface area contributed by atoms with Crippen LogP contribution in [0.3, 0.4) is 0 Å². The first-order valence-electron chi connectivity index (χ1n) is 9.57. The Morgan fingerprint density at radius 2 is 1.86 bits per heavy atom. The van der Waals surface area contributed by atoms with E-state index in [1.54, 1.807) is 43.0 Å². The van der Waals surface area contributed by atoms with Gasteiger partial charge in [0.05, 0.1) is 5.69 Å². The van der Waals surface area contributed by atoms with Crippen molar-refractivity contribution in [3.63, 3.8) is 0 Å². The smallest absolute Gasteiger partial charge is 0.319 e. The van der Waals surface area contributed by atoms with Crippen LogP contribution in [0.4, 0.5) is 4.79 Å². The third-order valence-corrected chi connectivity index (χ3v) is 5.96. The molecule has 2 aliphatic rings. The van der Waals surface area contributed by atoms with Crippen LogP contribution in [0.2, 0.25) is 0 Å². The van der Waals surface area contributed by atoms with Crippen molar-refractivity contribution in [3.8, 4) is 0 Å². The molecule has 28 heavy (non-hydrogen) atoms. The van der Waals surface area contributed by atoms with Gasteiger partial charge in [-0.1, -0.05) is 0 Å². The number of fused-ring (bicyclic) bond motifs is 2. The van der Waals surface area contributed by atoms with E-state index in [0.29, 0.717) is 31.9 Å². The van der Waals surface area contributed by atoms with Gasteiger partial charge in [-0.15, -0.1) is 0 Å². The average Bonchev–Trinajstić information content (AvgIpc) is 3.26. The summed E-state index contributed by atoms with van der Waals surface area (Å²) in [4.78, 5) is 30.9. The van der Waals surface area contributed by atoms with Gasteiger partial charge in [-0.3, -0.25) is 14.2 Å². The molecule has 9 heteroatoms. The molecule has 1 saturated heterocycles. The number of amides is 3. The molecule has 0 N–H and O–H groups in total. The number of nitrogens with zero attached hydrogens (tertiary/aromatic N) is 7. The highest BCUT2D eigenvalue weighted by atomic mass is 16.2. The highest BCUT2D eigenvalue weighted by Gasteiger charge is 2.46. The minimum absolute atomic E-state index is 0.0133. The molecule has 0 saturated carbocycles. The van der Waals surface area contributed by atoms with Crippen LogP contribution in [-0.4, -0.2) is 79.9 Å². The lowest BCUT2D eigenvalue weighted by molar-refractivity contribution is 0.0574. The van der Waals surface area contributed by atoms with E-state index in [9.17, 15) is 9.59 Å². The number of hydrogen-bond acceptors (Lipinski definition) is 4. The van der Waals surface area contributed by atoms with Crippen molar-refractivity contribution in [2.45, 2.75) is 24.8 Å². The van der Waals surface area contributed by atoms with Crippen molar-refractivity contribution >= 4 is 11.9 Å². The Kier molecular flexibility index (Phi) is 4.40. The number of hydrogen-bond donors (Lipinski definition) is 0. The Balaban J connectivity index is 1.63. The molecule has 0 radical (unpaired) electrons. The van der Waals surface area contributed by atoms with Gasteiger partial charge in [0, 0.05) is 77.7 Å². The molecule has 0 aromatic carbocycles. The Labute approximate surface area is 164 Å². The number of carbonyl (C=O) groups is 2. The van der Waals surface area contributed by atoms with Crippen molar-refractivity contribution in [1.82, 2.24) is 34.3 Å². The first kappa shape index (κ1) is 18.5. The van der Waals surface area contributed by atoms with Gasteiger partial charge in [-0.05, 0) is 18.9 Å². The molecule has 2 aromatic heterocycles. The van der Waals surface area contributed by atoms with E-state index in [2.05, 4.69) is 5.10 Å². The van der Waals surface area contributed by atoms with E-state index in [1.807, 2.05) is 27.7 Å². The van der Waals surface area contributed by atoms with Crippen molar-refractivity contribution in [2.75, 3.05) is 33.7 Å². The van der Waals surface area contributed by atoms with Crippen LogP contribution >= 0.6 is 0 Å². The SMILES string of the molecule is CN(C)C(=O)N1CCC2(CC1)CN(C(=O)c1ccnn1C)Cc1cn(C)nc12. The van der Waals surface area contributed by atoms with Gasteiger partial charge in [-0.25, -0.2) is 4.79 Å². The summed E-state index contributed by atoms with van der Waals surface area (Å²) in [7, 11) is 7.26. The number of aromatic nitrogens is 4. The van der Waals surface area contributed by atoms with E-state index in [-0.39, 0.29) is 17.4 Å². The second-order valence-electron chi connectivity index (χ2n) is 8.12. The maximum Gasteiger partial charge on any atom is 0.319 e. The van der Waals surface area contributed by atoms with Crippen molar-refractivity contribution in [2.24, 2.45) is 14.1 Å². The second kappa shape index (κ2) is 6.65. The first-order chi connectivity index (χ1) is 13.3. The number of urea groups is 1. The van der Waals surface area contributed by atoms with Crippen LogP contribution < -0.4 is 0 Å². The predicted molar refractivity (Wildman–Crippen MR) is 103 cm³/mol. The van der Waals surface area contributed by atoms with E-state index in [1.165, 1.54) is 0 Å². The van der Waals surface area contributed by atoms with Gasteiger partial charge < -0.3 is 14.7 Å². The van der Waals surface area contributed by atoms with Crippen LogP contribution in [0.15, 0.2) is 18.5 Å². The molecule has 150 valence electrons. The summed E-state index contributed by atoms with van der Waals surface area (Å²) in [6, 6.07) is 1.79. The lowest BCUT2D eigenvalue weighted by Crippen LogP contribution is -2.55. The molecule has 4 rings (SSSR count). The molecule has 0 unspecified atom stereocenters. The van der Waals surface area contributed by atoms with Crippen LogP contribution in [-0.2, 0) is 26.1 Å². The number of piperidine rings is 1. The molecule has 9 nitrogen and oxygen atoms in total. The summed E-state index contributed by atoms with van der Waals surface area (Å²) >= 11 is 0. The fourth-order valence-electron chi connectivity index (χ4n) is 4.49. The van der Waals surface area contributed by atoms with Crippen LogP contribution in [0, 0.1) is 0 Å². The Bertz CT molecular complexity index is 905. The van der Waals surface area contributed by atoms with E-state index in [0.717, 1.165) is 24.1 Å². The van der Waals surface area contributed by atoms with E-state index in [4.69, 9.17) is 5.10 Å². The summed E-state index contributed by atoms with van der Waals surface area (Å²) in [6.45, 7) is 2.50. The number of aryl methyl sites for hydroxylation is 2. The molecule has 0 atom stereocenters. The van der Waals surface area contributed by atoms with Crippen molar-refractivity contribution in [3.05, 3.63) is 35.4 Å². The average molecular weight is 385 g/mol. The largest absolute Gasteiger partial charge is 0.332 e. The van der Waals surface area contributed by atoms with Gasteiger partial charge in [0.2, 0.25) is 0 Å². The van der Waals surface area contributed by atoms with Gasteiger partial charge in [-0.2, -0.15) is 10.2 Å². The quantitative estimate of drug-likeness (QED) is 0.728. The Morgan fingerprint density at radius 1 is 1.14 bits per heavy atom. The second-order valence-corrected chi connectivity index (χ2v) is 8.12. The molecular formula is C19H27N7O2. The lowest BCUT2D eigenvalue weighted by Gasteiger charge is -2.46. The third-order valence-electron chi connectivity index (χ3n) is 5.96. The van der Waals surface area contributed by atoms with Gasteiger partial charge in [0.1, 0.15) is 5.69 Å². The minimum atomic E-state index is -0.216. The fourth-order valence-corrected chi connectivity index (χ4v) is 4.49. The zero-order chi connectivity index (χ0) is 20.1. The molecule has 0 aliphatic carbocycles. The van der Waals surface area contributed by atoms with Gasteiger partial charge in [0.15, 0.2) is 0 Å². The van der Waals surface area contributed by atoms with Gasteiger partial charge in [0.25, 0.3) is 5.91 Å². The van der Waals surface area contributed by atoms with E-state index < -0.39 is 0 Å². The molecule has 1 fully saturated rings. The van der Waals surface area contributed by atoms with Crippen LogP contribution in [0.1, 0.15) is 34.6 Å². The molecule has 4 heterocycles. The summed E-state index contributed by atoms with van der Waals surface area (Å²) < 4.78 is 3.45. The molecule has 2 aromatic rings. The number of carbonyl (C=O) groups excluding carboxylic acids is 2. The monoisotopic (exact) mass is 385 g/mol. The minimum Gasteiger partial charge on any atom is -0.332 e. The lowest BCUT2D eigenvalue weighted by atomic mass is 9.72. The third kappa shape index (κ3) is 2.94. The van der Waals surface area contributed by atoms with Crippen molar-refractivity contribution < 1.29 is 9.59 Å². The van der Waals surface area contributed by atoms with Crippen molar-refractivity contribution in [1.29, 1.82) is 0 Å². The Hall–Kier alpha value is -2.84. The standard InChI is InChI=1S/C19H27N7O2/c1-22(2)18(28)25-9-6-19(7-10-25)13-26(12-14-11-23(3)21-16(14)19)17(27)15-5-8-20-24(15)4/h5,8,11H,6-7,9-10,12-13H2,1-4H3. The summed E-state index contributed by atoms with van der Waals surface area (Å²) in [5.41, 5.74) is 2.55. The summed E-state index contributed by atoms with van der Waals surface area (Å²) in [5.74, 6) is -0.0133. The topological polar surface area (TPSA) is 79.5 Å². The molecule has 1 spiro atoms. The summed E-state index contributed by atoms with van der Waals surface area (Å²) in [6.07, 6.45) is 5.25. The number of rotatable bonds is 1.